The van der Waals surface area contributed by atoms with E-state index < -0.39 is 5.54 Å². The number of rotatable bonds is 2. The maximum atomic E-state index is 12.9. The van der Waals surface area contributed by atoms with E-state index in [-0.39, 0.29) is 30.1 Å². The Morgan fingerprint density at radius 2 is 1.81 bits per heavy atom. The van der Waals surface area contributed by atoms with Crippen molar-refractivity contribution in [1.29, 1.82) is 0 Å². The second kappa shape index (κ2) is 8.59. The molecule has 1 saturated heterocycles. The van der Waals surface area contributed by atoms with Crippen molar-refractivity contribution in [1.82, 2.24) is 9.80 Å². The Morgan fingerprint density at radius 3 is 2.42 bits per heavy atom. The molecule has 2 N–H and O–H groups in total. The molecule has 3 rings (SSSR count). The topological polar surface area (TPSA) is 66.6 Å². The lowest BCUT2D eigenvalue weighted by molar-refractivity contribution is -0.140. The second-order valence-electron chi connectivity index (χ2n) is 7.43. The summed E-state index contributed by atoms with van der Waals surface area (Å²) in [5, 5.41) is 0.555. The molecule has 1 aliphatic heterocycles. The molecule has 1 heterocycles. The molecule has 2 aliphatic rings. The maximum Gasteiger partial charge on any atom is 0.254 e. The van der Waals surface area contributed by atoms with Crippen LogP contribution in [0.2, 0.25) is 5.02 Å². The molecule has 2 atom stereocenters. The number of carbonyl (C=O) groups is 2. The van der Waals surface area contributed by atoms with Gasteiger partial charge < -0.3 is 15.5 Å². The van der Waals surface area contributed by atoms with Crippen LogP contribution in [-0.2, 0) is 4.79 Å². The van der Waals surface area contributed by atoms with Gasteiger partial charge in [-0.15, -0.1) is 12.4 Å². The lowest BCUT2D eigenvalue weighted by atomic mass is 9.74. The molecular formula is C19H27Cl2N3O2. The lowest BCUT2D eigenvalue weighted by Crippen LogP contribution is -2.57. The first-order chi connectivity index (χ1) is 11.9. The van der Waals surface area contributed by atoms with Gasteiger partial charge in [0.25, 0.3) is 5.91 Å². The van der Waals surface area contributed by atoms with E-state index in [9.17, 15) is 9.59 Å². The summed E-state index contributed by atoms with van der Waals surface area (Å²) in [6.45, 7) is 4.22. The normalized spacial score (nSPS) is 26.2. The molecule has 1 aromatic rings. The summed E-state index contributed by atoms with van der Waals surface area (Å²) in [7, 11) is 0. The molecule has 1 saturated carbocycles. The Balaban J connectivity index is 0.00000243. The number of carbonyl (C=O) groups excluding carboxylic acids is 2. The van der Waals surface area contributed by atoms with Crippen LogP contribution >= 0.6 is 24.0 Å². The SMILES string of the molecule is CC1(N)CCCCC1C(=O)N1CCN(C(=O)c2cccc(Cl)c2)CC1.Cl. The largest absolute Gasteiger partial charge is 0.339 e. The first-order valence-electron chi connectivity index (χ1n) is 9.01. The minimum absolute atomic E-state index is 0. The smallest absolute Gasteiger partial charge is 0.254 e. The molecule has 1 aliphatic carbocycles. The number of piperazine rings is 1. The van der Waals surface area contributed by atoms with Gasteiger partial charge in [0, 0.05) is 42.3 Å². The van der Waals surface area contributed by atoms with Crippen LogP contribution in [0.5, 0.6) is 0 Å². The number of hydrogen-bond donors (Lipinski definition) is 1. The highest BCUT2D eigenvalue weighted by Gasteiger charge is 2.40. The molecule has 0 bridgehead atoms. The van der Waals surface area contributed by atoms with Crippen molar-refractivity contribution >= 4 is 35.8 Å². The Kier molecular flexibility index (Phi) is 6.94. The van der Waals surface area contributed by atoms with Gasteiger partial charge in [-0.3, -0.25) is 9.59 Å². The van der Waals surface area contributed by atoms with Crippen LogP contribution in [0.25, 0.3) is 0 Å². The van der Waals surface area contributed by atoms with E-state index in [0.29, 0.717) is 36.8 Å². The lowest BCUT2D eigenvalue weighted by Gasteiger charge is -2.42. The molecule has 5 nitrogen and oxygen atoms in total. The van der Waals surface area contributed by atoms with E-state index in [4.69, 9.17) is 17.3 Å². The zero-order valence-corrected chi connectivity index (χ0v) is 16.7. The van der Waals surface area contributed by atoms with Crippen molar-refractivity contribution in [2.45, 2.75) is 38.1 Å². The zero-order chi connectivity index (χ0) is 18.0. The predicted molar refractivity (Wildman–Crippen MR) is 106 cm³/mol. The number of nitrogens with two attached hydrogens (primary N) is 1. The van der Waals surface area contributed by atoms with Crippen molar-refractivity contribution < 1.29 is 9.59 Å². The van der Waals surface area contributed by atoms with E-state index in [1.165, 1.54) is 0 Å². The summed E-state index contributed by atoms with van der Waals surface area (Å²) in [6.07, 6.45) is 3.93. The highest BCUT2D eigenvalue weighted by molar-refractivity contribution is 6.30. The maximum absolute atomic E-state index is 12.9. The van der Waals surface area contributed by atoms with Crippen molar-refractivity contribution in [2.24, 2.45) is 11.7 Å². The number of halogens is 2. The van der Waals surface area contributed by atoms with Crippen molar-refractivity contribution in [2.75, 3.05) is 26.2 Å². The average molecular weight is 400 g/mol. The van der Waals surface area contributed by atoms with Gasteiger partial charge >= 0.3 is 0 Å². The molecule has 2 unspecified atom stereocenters. The molecule has 0 spiro atoms. The van der Waals surface area contributed by atoms with Gasteiger partial charge in [-0.2, -0.15) is 0 Å². The summed E-state index contributed by atoms with van der Waals surface area (Å²) in [4.78, 5) is 29.1. The van der Waals surface area contributed by atoms with Crippen LogP contribution in [0.1, 0.15) is 43.0 Å². The molecule has 2 amide bonds. The molecule has 7 heteroatoms. The van der Waals surface area contributed by atoms with E-state index in [0.717, 1.165) is 25.7 Å². The molecule has 0 radical (unpaired) electrons. The van der Waals surface area contributed by atoms with Gasteiger partial charge in [-0.25, -0.2) is 0 Å². The first-order valence-corrected chi connectivity index (χ1v) is 9.39. The number of nitrogens with zero attached hydrogens (tertiary/aromatic N) is 2. The van der Waals surface area contributed by atoms with Gasteiger partial charge in [0.1, 0.15) is 0 Å². The predicted octanol–water partition coefficient (Wildman–Crippen LogP) is 2.95. The van der Waals surface area contributed by atoms with Crippen molar-refractivity contribution in [3.8, 4) is 0 Å². The molecular weight excluding hydrogens is 373 g/mol. The molecule has 1 aromatic carbocycles. The minimum atomic E-state index is -0.414. The van der Waals surface area contributed by atoms with Gasteiger partial charge in [0.15, 0.2) is 0 Å². The van der Waals surface area contributed by atoms with Gasteiger partial charge in [0.05, 0.1) is 5.92 Å². The summed E-state index contributed by atoms with van der Waals surface area (Å²) in [5.74, 6) is 0.0203. The van der Waals surface area contributed by atoms with Gasteiger partial charge in [0.2, 0.25) is 5.91 Å². The molecule has 26 heavy (non-hydrogen) atoms. The van der Waals surface area contributed by atoms with E-state index >= 15 is 0 Å². The standard InChI is InChI=1S/C19H26ClN3O2.ClH/c1-19(21)8-3-2-7-16(19)18(25)23-11-9-22(10-12-23)17(24)14-5-4-6-15(20)13-14;/h4-6,13,16H,2-3,7-12,21H2,1H3;1H. The van der Waals surface area contributed by atoms with Crippen LogP contribution in [0.3, 0.4) is 0 Å². The highest BCUT2D eigenvalue weighted by atomic mass is 35.5. The quantitative estimate of drug-likeness (QED) is 0.830. The van der Waals surface area contributed by atoms with Crippen LogP contribution < -0.4 is 5.73 Å². The monoisotopic (exact) mass is 399 g/mol. The third-order valence-electron chi connectivity index (χ3n) is 5.50. The Hall–Kier alpha value is -1.30. The molecule has 0 aromatic heterocycles. The first kappa shape index (κ1) is 21.0. The fourth-order valence-electron chi connectivity index (χ4n) is 3.92. The summed E-state index contributed by atoms with van der Waals surface area (Å²) >= 11 is 5.97. The summed E-state index contributed by atoms with van der Waals surface area (Å²) in [5.41, 5.74) is 6.55. The van der Waals surface area contributed by atoms with Crippen LogP contribution in [0, 0.1) is 5.92 Å². The van der Waals surface area contributed by atoms with Crippen LogP contribution in [-0.4, -0.2) is 53.3 Å². The zero-order valence-electron chi connectivity index (χ0n) is 15.1. The Labute approximate surface area is 166 Å². The number of amides is 2. The van der Waals surface area contributed by atoms with Gasteiger partial charge in [-0.05, 0) is 38.0 Å². The molecule has 144 valence electrons. The fourth-order valence-corrected chi connectivity index (χ4v) is 4.11. The van der Waals surface area contributed by atoms with E-state index in [2.05, 4.69) is 0 Å². The number of hydrogen-bond acceptors (Lipinski definition) is 3. The summed E-state index contributed by atoms with van der Waals surface area (Å²) in [6, 6.07) is 6.99. The summed E-state index contributed by atoms with van der Waals surface area (Å²) < 4.78 is 0. The minimum Gasteiger partial charge on any atom is -0.339 e. The third kappa shape index (κ3) is 4.51. The highest BCUT2D eigenvalue weighted by Crippen LogP contribution is 2.33. The van der Waals surface area contributed by atoms with Gasteiger partial charge in [-0.1, -0.05) is 30.5 Å². The Bertz CT molecular complexity index is 658. The van der Waals surface area contributed by atoms with Crippen LogP contribution in [0.15, 0.2) is 24.3 Å². The fraction of sp³-hybridized carbons (Fsp3) is 0.579. The average Bonchev–Trinajstić information content (AvgIpc) is 2.60. The van der Waals surface area contributed by atoms with Crippen molar-refractivity contribution in [3.63, 3.8) is 0 Å². The third-order valence-corrected chi connectivity index (χ3v) is 5.74. The number of benzene rings is 1. The molecule has 2 fully saturated rings. The van der Waals surface area contributed by atoms with E-state index in [1.807, 2.05) is 11.8 Å². The van der Waals surface area contributed by atoms with E-state index in [1.54, 1.807) is 29.2 Å². The van der Waals surface area contributed by atoms with Crippen molar-refractivity contribution in [3.05, 3.63) is 34.9 Å². The second-order valence-corrected chi connectivity index (χ2v) is 7.87. The van der Waals surface area contributed by atoms with Crippen LogP contribution in [0.4, 0.5) is 0 Å². The Morgan fingerprint density at radius 1 is 1.15 bits per heavy atom.